The molecule has 6 nitrogen and oxygen atoms in total. The van der Waals surface area contributed by atoms with Crippen LogP contribution in [0.25, 0.3) is 66.6 Å². The number of rotatable bonds is 22. The molecule has 8 bridgehead atoms. The molecule has 0 amide bonds. The highest BCUT2D eigenvalue weighted by molar-refractivity contribution is 6.03. The van der Waals surface area contributed by atoms with E-state index in [-0.39, 0.29) is 0 Å². The fourth-order valence-corrected chi connectivity index (χ4v) is 10.7. The summed E-state index contributed by atoms with van der Waals surface area (Å²) in [7, 11) is 0. The zero-order valence-electron chi connectivity index (χ0n) is 42.7. The molecule has 5 aromatic rings. The van der Waals surface area contributed by atoms with E-state index in [4.69, 9.17) is 9.97 Å². The first-order chi connectivity index (χ1) is 33.2. The summed E-state index contributed by atoms with van der Waals surface area (Å²) >= 11 is 0. The highest BCUT2D eigenvalue weighted by Gasteiger charge is 2.27. The molecule has 3 aromatic heterocycles. The first kappa shape index (κ1) is 49.9. The second-order valence-electron chi connectivity index (χ2n) is 19.6. The molecule has 0 aliphatic carbocycles. The molecular formula is C62H76N6. The van der Waals surface area contributed by atoms with Crippen LogP contribution in [0.2, 0.25) is 0 Å². The summed E-state index contributed by atoms with van der Waals surface area (Å²) in [6, 6.07) is 25.7. The molecule has 2 N–H and O–H groups in total. The Labute approximate surface area is 408 Å². The molecule has 2 aliphatic rings. The number of hydrogen-bond donors (Lipinski definition) is 2. The largest absolute Gasteiger partial charge is 0.354 e. The molecule has 354 valence electrons. The molecule has 7 rings (SSSR count). The van der Waals surface area contributed by atoms with Gasteiger partial charge in [-0.15, -0.1) is 0 Å². The van der Waals surface area contributed by atoms with E-state index in [1.807, 2.05) is 24.3 Å². The molecular weight excluding hydrogens is 829 g/mol. The lowest BCUT2D eigenvalue weighted by molar-refractivity contribution is 0.667. The van der Waals surface area contributed by atoms with E-state index in [9.17, 15) is 10.5 Å². The molecule has 0 saturated heterocycles. The highest BCUT2D eigenvalue weighted by atomic mass is 14.8. The number of benzene rings is 2. The van der Waals surface area contributed by atoms with Gasteiger partial charge in [-0.25, -0.2) is 9.97 Å². The second kappa shape index (κ2) is 23.8. The fraction of sp³-hybridized carbons (Fsp3) is 0.452. The van der Waals surface area contributed by atoms with Crippen molar-refractivity contribution in [2.24, 2.45) is 0 Å². The SMILES string of the molecule is CCCCCCC1=C(C)c2nc1cc1[nH]c(c(C)c1CCCCCC)c(-c1ccc(C#N)cc1)c1nc(cc3[nH]c(c(C)c3CCCCCC)c2-c2ccc(C#N)cc2)C(CCCCCC)=C1C. The maximum atomic E-state index is 9.92. The molecule has 0 saturated carbocycles. The van der Waals surface area contributed by atoms with Crippen LogP contribution in [-0.4, -0.2) is 19.9 Å². The molecule has 6 heteroatoms. The van der Waals surface area contributed by atoms with Crippen molar-refractivity contribution in [1.29, 1.82) is 10.5 Å². The summed E-state index contributed by atoms with van der Waals surface area (Å²) in [4.78, 5) is 19.7. The number of unbranched alkanes of at least 4 members (excludes halogenated alkanes) is 12. The smallest absolute Gasteiger partial charge is 0.0991 e. The average molecular weight is 905 g/mol. The predicted octanol–water partition coefficient (Wildman–Crippen LogP) is 18.1. The van der Waals surface area contributed by atoms with Gasteiger partial charge in [-0.2, -0.15) is 10.5 Å². The van der Waals surface area contributed by atoms with Crippen molar-refractivity contribution in [3.05, 3.63) is 117 Å². The van der Waals surface area contributed by atoms with Gasteiger partial charge in [0.25, 0.3) is 0 Å². The molecule has 2 aromatic carbocycles. The Hall–Kier alpha value is -5.98. The molecule has 2 aliphatic heterocycles. The van der Waals surface area contributed by atoms with Crippen molar-refractivity contribution < 1.29 is 0 Å². The Bertz CT molecular complexity index is 2680. The average Bonchev–Trinajstić information content (AvgIpc) is 4.03. The Balaban J connectivity index is 1.69. The maximum Gasteiger partial charge on any atom is 0.0991 e. The zero-order valence-corrected chi connectivity index (χ0v) is 42.7. The van der Waals surface area contributed by atoms with Crippen LogP contribution in [0.5, 0.6) is 0 Å². The summed E-state index contributed by atoms with van der Waals surface area (Å²) in [6.45, 7) is 18.3. The molecule has 0 spiro atoms. The highest BCUT2D eigenvalue weighted by Crippen LogP contribution is 2.45. The minimum atomic E-state index is 0.649. The van der Waals surface area contributed by atoms with Crippen LogP contribution in [-0.2, 0) is 12.8 Å². The normalized spacial score (nSPS) is 12.6. The van der Waals surface area contributed by atoms with Crippen molar-refractivity contribution in [2.75, 3.05) is 0 Å². The van der Waals surface area contributed by atoms with E-state index in [0.717, 1.165) is 118 Å². The van der Waals surface area contributed by atoms with Gasteiger partial charge in [-0.3, -0.25) is 0 Å². The van der Waals surface area contributed by atoms with Crippen molar-refractivity contribution in [1.82, 2.24) is 19.9 Å². The van der Waals surface area contributed by atoms with Gasteiger partial charge >= 0.3 is 0 Å². The van der Waals surface area contributed by atoms with Gasteiger partial charge in [0.15, 0.2) is 0 Å². The maximum absolute atomic E-state index is 9.92. The molecule has 0 unspecified atom stereocenters. The van der Waals surface area contributed by atoms with Crippen molar-refractivity contribution in [2.45, 2.75) is 184 Å². The minimum absolute atomic E-state index is 0.649. The summed E-state index contributed by atoms with van der Waals surface area (Å²) in [5.74, 6) is 0. The van der Waals surface area contributed by atoms with Gasteiger partial charge in [0.05, 0.1) is 57.1 Å². The lowest BCUT2D eigenvalue weighted by atomic mass is 9.93. The topological polar surface area (TPSA) is 105 Å². The summed E-state index contributed by atoms with van der Waals surface area (Å²) < 4.78 is 0. The minimum Gasteiger partial charge on any atom is -0.354 e. The van der Waals surface area contributed by atoms with Crippen LogP contribution >= 0.6 is 0 Å². The summed E-state index contributed by atoms with van der Waals surface area (Å²) in [5, 5.41) is 19.8. The zero-order chi connectivity index (χ0) is 48.2. The predicted molar refractivity (Wildman–Crippen MR) is 289 cm³/mol. The lowest BCUT2D eigenvalue weighted by Crippen LogP contribution is -1.91. The molecule has 68 heavy (non-hydrogen) atoms. The third kappa shape index (κ3) is 11.0. The van der Waals surface area contributed by atoms with Gasteiger partial charge < -0.3 is 9.97 Å². The van der Waals surface area contributed by atoms with E-state index in [1.165, 1.54) is 122 Å². The number of nitriles is 2. The quantitative estimate of drug-likeness (QED) is 0.0675. The Morgan fingerprint density at radius 2 is 0.779 bits per heavy atom. The Morgan fingerprint density at radius 1 is 0.441 bits per heavy atom. The first-order valence-electron chi connectivity index (χ1n) is 26.4. The number of aromatic amines is 2. The van der Waals surface area contributed by atoms with Crippen molar-refractivity contribution >= 4 is 44.4 Å². The van der Waals surface area contributed by atoms with E-state index >= 15 is 0 Å². The molecule has 0 fully saturated rings. The van der Waals surface area contributed by atoms with Gasteiger partial charge in [0.2, 0.25) is 0 Å². The number of allylic oxidation sites excluding steroid dienone is 4. The number of nitrogens with one attached hydrogen (secondary N) is 2. The Kier molecular flexibility index (Phi) is 17.5. The third-order valence-corrected chi connectivity index (χ3v) is 14.8. The fourth-order valence-electron chi connectivity index (χ4n) is 10.7. The van der Waals surface area contributed by atoms with E-state index in [2.05, 4.69) is 114 Å². The standard InChI is InChI=1S/C62H76N6/c1-9-13-17-21-25-49-41(5)59-57(47-33-29-45(39-63)30-34-47)60-43(7)51(27-23-19-15-11-3)55(67-60)38-56-52(28-24-20-16-12-4)44(8)62(68-56)58(48-35-31-46(40-64)32-36-48)61-42(6)50(26-22-18-14-10-2)54(66-61)37-53(49)65-59/h29-38,65,68H,9-28H2,1-8H3. The Morgan fingerprint density at radius 3 is 1.10 bits per heavy atom. The van der Waals surface area contributed by atoms with Crippen LogP contribution in [0, 0.1) is 36.5 Å². The summed E-state index contributed by atoms with van der Waals surface area (Å²) in [5.41, 5.74) is 24.4. The van der Waals surface area contributed by atoms with Gasteiger partial charge in [-0.1, -0.05) is 129 Å². The monoisotopic (exact) mass is 905 g/mol. The number of fused-ring (bicyclic) bond motifs is 8. The number of aromatic nitrogens is 4. The van der Waals surface area contributed by atoms with Gasteiger partial charge in [-0.05, 0) is 171 Å². The number of hydrogen-bond acceptors (Lipinski definition) is 4. The second-order valence-corrected chi connectivity index (χ2v) is 19.6. The third-order valence-electron chi connectivity index (χ3n) is 14.8. The van der Waals surface area contributed by atoms with Gasteiger partial charge in [0.1, 0.15) is 0 Å². The van der Waals surface area contributed by atoms with Crippen LogP contribution in [0.3, 0.4) is 0 Å². The van der Waals surface area contributed by atoms with Gasteiger partial charge in [0, 0.05) is 22.2 Å². The van der Waals surface area contributed by atoms with E-state index < -0.39 is 0 Å². The van der Waals surface area contributed by atoms with E-state index in [1.54, 1.807) is 0 Å². The first-order valence-corrected chi connectivity index (χ1v) is 26.4. The van der Waals surface area contributed by atoms with Crippen LogP contribution in [0.4, 0.5) is 0 Å². The van der Waals surface area contributed by atoms with Crippen molar-refractivity contribution in [3.63, 3.8) is 0 Å². The number of H-pyrrole nitrogens is 2. The number of aryl methyl sites for hydroxylation is 4. The molecule has 5 heterocycles. The van der Waals surface area contributed by atoms with Crippen LogP contribution in [0.15, 0.2) is 60.7 Å². The van der Waals surface area contributed by atoms with Crippen molar-refractivity contribution in [3.8, 4) is 34.4 Å². The van der Waals surface area contributed by atoms with Crippen LogP contribution in [0.1, 0.15) is 213 Å². The molecule has 0 radical (unpaired) electrons. The number of nitrogens with zero attached hydrogens (tertiary/aromatic N) is 4. The summed E-state index contributed by atoms with van der Waals surface area (Å²) in [6.07, 6.45) is 22.7. The lowest BCUT2D eigenvalue weighted by Gasteiger charge is -2.09. The van der Waals surface area contributed by atoms with E-state index in [0.29, 0.717) is 11.1 Å². The molecule has 0 atom stereocenters. The van der Waals surface area contributed by atoms with Crippen LogP contribution < -0.4 is 0 Å².